The molecule has 1 aliphatic heterocycles. The summed E-state index contributed by atoms with van der Waals surface area (Å²) in [7, 11) is 0. The van der Waals surface area contributed by atoms with Gasteiger partial charge < -0.3 is 0 Å². The van der Waals surface area contributed by atoms with Crippen molar-refractivity contribution in [3.8, 4) is 6.07 Å². The second-order valence-electron chi connectivity index (χ2n) is 6.22. The van der Waals surface area contributed by atoms with Crippen LogP contribution in [0.1, 0.15) is 25.0 Å². The van der Waals surface area contributed by atoms with Gasteiger partial charge in [0.2, 0.25) is 11.8 Å². The van der Waals surface area contributed by atoms with Gasteiger partial charge in [-0.25, -0.2) is 4.90 Å². The fraction of sp³-hybridized carbons (Fsp3) is 0.211. The van der Waals surface area contributed by atoms with E-state index in [2.05, 4.69) is 0 Å². The van der Waals surface area contributed by atoms with Gasteiger partial charge in [-0.2, -0.15) is 5.26 Å². The molecule has 0 aromatic heterocycles. The number of nitriles is 1. The lowest BCUT2D eigenvalue weighted by Crippen LogP contribution is -2.37. The molecule has 1 fully saturated rings. The van der Waals surface area contributed by atoms with Gasteiger partial charge in [0.1, 0.15) is 0 Å². The summed E-state index contributed by atoms with van der Waals surface area (Å²) in [6.45, 7) is 3.47. The number of carbonyl (C=O) groups excluding carboxylic acids is 2. The molecule has 0 spiro atoms. The van der Waals surface area contributed by atoms with Crippen LogP contribution in [0.2, 0.25) is 10.0 Å². The fourth-order valence-corrected chi connectivity index (χ4v) is 3.65. The fourth-order valence-electron chi connectivity index (χ4n) is 3.14. The number of halogens is 2. The third-order valence-electron chi connectivity index (χ3n) is 4.82. The van der Waals surface area contributed by atoms with Gasteiger partial charge in [0, 0.05) is 10.0 Å². The van der Waals surface area contributed by atoms with Crippen LogP contribution in [0, 0.1) is 17.2 Å². The first-order valence-corrected chi connectivity index (χ1v) is 8.39. The van der Waals surface area contributed by atoms with Crippen LogP contribution >= 0.6 is 23.2 Å². The third-order valence-corrected chi connectivity index (χ3v) is 5.26. The predicted octanol–water partition coefficient (Wildman–Crippen LogP) is 4.33. The van der Waals surface area contributed by atoms with Gasteiger partial charge in [-0.05, 0) is 42.8 Å². The number of nitrogens with zero attached hydrogens (tertiary/aromatic N) is 2. The monoisotopic (exact) mass is 372 g/mol. The first-order valence-electron chi connectivity index (χ1n) is 7.64. The summed E-state index contributed by atoms with van der Waals surface area (Å²) in [5.41, 5.74) is 0.514. The lowest BCUT2D eigenvalue weighted by molar-refractivity contribution is -0.122. The maximum Gasteiger partial charge on any atom is 0.244 e. The van der Waals surface area contributed by atoms with E-state index in [4.69, 9.17) is 28.5 Å². The zero-order valence-electron chi connectivity index (χ0n) is 13.6. The highest BCUT2D eigenvalue weighted by molar-refractivity contribution is 6.36. The molecular formula is C19H14Cl2N2O2. The molecule has 1 heterocycles. The van der Waals surface area contributed by atoms with E-state index in [9.17, 15) is 9.59 Å². The number of benzene rings is 2. The molecule has 2 atom stereocenters. The quantitative estimate of drug-likeness (QED) is 0.736. The van der Waals surface area contributed by atoms with Gasteiger partial charge in [0.15, 0.2) is 0 Å². The Morgan fingerprint density at radius 3 is 2.16 bits per heavy atom. The van der Waals surface area contributed by atoms with Crippen molar-refractivity contribution < 1.29 is 9.59 Å². The van der Waals surface area contributed by atoms with E-state index in [1.54, 1.807) is 56.3 Å². The topological polar surface area (TPSA) is 61.2 Å². The van der Waals surface area contributed by atoms with E-state index in [0.717, 1.165) is 4.90 Å². The molecule has 2 aromatic rings. The molecule has 1 aliphatic rings. The van der Waals surface area contributed by atoms with E-state index >= 15 is 0 Å². The smallest absolute Gasteiger partial charge is 0.244 e. The van der Waals surface area contributed by atoms with E-state index in [-0.39, 0.29) is 11.8 Å². The molecule has 2 amide bonds. The third kappa shape index (κ3) is 2.70. The molecule has 6 heteroatoms. The van der Waals surface area contributed by atoms with E-state index in [1.807, 2.05) is 6.07 Å². The minimum atomic E-state index is -1.03. The van der Waals surface area contributed by atoms with Crippen molar-refractivity contribution in [2.75, 3.05) is 4.90 Å². The van der Waals surface area contributed by atoms with Crippen molar-refractivity contribution in [1.29, 1.82) is 5.26 Å². The SMILES string of the molecule is CC1C(=O)N(c2cc(Cl)cc(Cl)c2)C(=O)[C@@]1(C)c1ccc(C#N)cc1. The average molecular weight is 373 g/mol. The number of rotatable bonds is 2. The Hall–Kier alpha value is -2.35. The maximum absolute atomic E-state index is 13.2. The highest BCUT2D eigenvalue weighted by Gasteiger charge is 2.55. The van der Waals surface area contributed by atoms with Gasteiger partial charge in [-0.15, -0.1) is 0 Å². The van der Waals surface area contributed by atoms with Crippen LogP contribution in [-0.4, -0.2) is 11.8 Å². The Kier molecular flexibility index (Phi) is 4.32. The van der Waals surface area contributed by atoms with Crippen LogP contribution in [0.3, 0.4) is 0 Å². The molecule has 126 valence electrons. The van der Waals surface area contributed by atoms with Crippen LogP contribution in [0.15, 0.2) is 42.5 Å². The highest BCUT2D eigenvalue weighted by Crippen LogP contribution is 2.43. The molecule has 25 heavy (non-hydrogen) atoms. The lowest BCUT2D eigenvalue weighted by Gasteiger charge is -2.26. The Bertz CT molecular complexity index is 898. The zero-order chi connectivity index (χ0) is 18.4. The molecule has 0 radical (unpaired) electrons. The van der Waals surface area contributed by atoms with Crippen molar-refractivity contribution in [2.45, 2.75) is 19.3 Å². The van der Waals surface area contributed by atoms with Crippen molar-refractivity contribution in [2.24, 2.45) is 5.92 Å². The van der Waals surface area contributed by atoms with Gasteiger partial charge in [-0.1, -0.05) is 42.3 Å². The molecule has 4 nitrogen and oxygen atoms in total. The Morgan fingerprint density at radius 2 is 1.64 bits per heavy atom. The van der Waals surface area contributed by atoms with Crippen LogP contribution in [-0.2, 0) is 15.0 Å². The van der Waals surface area contributed by atoms with Crippen LogP contribution in [0.25, 0.3) is 0 Å². The largest absolute Gasteiger partial charge is 0.274 e. The lowest BCUT2D eigenvalue weighted by atomic mass is 9.74. The Labute approximate surface area is 155 Å². The molecule has 1 saturated heterocycles. The maximum atomic E-state index is 13.2. The minimum absolute atomic E-state index is 0.310. The van der Waals surface area contributed by atoms with Crippen molar-refractivity contribution in [1.82, 2.24) is 0 Å². The molecule has 0 aliphatic carbocycles. The van der Waals surface area contributed by atoms with Crippen LogP contribution in [0.5, 0.6) is 0 Å². The van der Waals surface area contributed by atoms with Gasteiger partial charge in [0.25, 0.3) is 0 Å². The average Bonchev–Trinajstić information content (AvgIpc) is 2.75. The molecule has 0 N–H and O–H groups in total. The molecule has 2 aromatic carbocycles. The standard InChI is InChI=1S/C19H14Cl2N2O2/c1-11-17(24)23(16-8-14(20)7-15(21)9-16)18(25)19(11,2)13-5-3-12(10-22)4-6-13/h3-9,11H,1-2H3/t11?,19-/m1/s1. The first-order chi connectivity index (χ1) is 11.8. The summed E-state index contributed by atoms with van der Waals surface area (Å²) in [4.78, 5) is 27.1. The Balaban J connectivity index is 2.09. The molecular weight excluding hydrogens is 359 g/mol. The number of hydrogen-bond acceptors (Lipinski definition) is 3. The number of imide groups is 1. The number of amides is 2. The second-order valence-corrected chi connectivity index (χ2v) is 7.09. The summed E-state index contributed by atoms with van der Waals surface area (Å²) in [5, 5.41) is 9.64. The zero-order valence-corrected chi connectivity index (χ0v) is 15.1. The summed E-state index contributed by atoms with van der Waals surface area (Å²) in [5.74, 6) is -1.21. The van der Waals surface area contributed by atoms with E-state index in [1.165, 1.54) is 0 Å². The molecule has 1 unspecified atom stereocenters. The second kappa shape index (κ2) is 6.18. The van der Waals surface area contributed by atoms with Gasteiger partial charge in [-0.3, -0.25) is 9.59 Å². The minimum Gasteiger partial charge on any atom is -0.274 e. The normalized spacial score (nSPS) is 23.0. The van der Waals surface area contributed by atoms with E-state index in [0.29, 0.717) is 26.9 Å². The van der Waals surface area contributed by atoms with Crippen LogP contribution in [0.4, 0.5) is 5.69 Å². The molecule has 0 saturated carbocycles. The van der Waals surface area contributed by atoms with Crippen molar-refractivity contribution >= 4 is 40.7 Å². The summed E-state index contributed by atoms with van der Waals surface area (Å²) >= 11 is 12.0. The molecule has 0 bridgehead atoms. The number of carbonyl (C=O) groups is 2. The van der Waals surface area contributed by atoms with Gasteiger partial charge in [0.05, 0.1) is 28.7 Å². The highest BCUT2D eigenvalue weighted by atomic mass is 35.5. The summed E-state index contributed by atoms with van der Waals surface area (Å²) in [6.07, 6.45) is 0. The van der Waals surface area contributed by atoms with E-state index < -0.39 is 11.3 Å². The predicted molar refractivity (Wildman–Crippen MR) is 96.6 cm³/mol. The van der Waals surface area contributed by atoms with Crippen LogP contribution < -0.4 is 4.90 Å². The number of hydrogen-bond donors (Lipinski definition) is 0. The van der Waals surface area contributed by atoms with Crippen molar-refractivity contribution in [3.63, 3.8) is 0 Å². The summed E-state index contributed by atoms with van der Waals surface area (Å²) in [6, 6.07) is 13.4. The number of anilines is 1. The molecule has 3 rings (SSSR count). The van der Waals surface area contributed by atoms with Gasteiger partial charge >= 0.3 is 0 Å². The van der Waals surface area contributed by atoms with Crippen molar-refractivity contribution in [3.05, 3.63) is 63.6 Å². The first kappa shape index (κ1) is 17.5. The Morgan fingerprint density at radius 1 is 1.08 bits per heavy atom. The summed E-state index contributed by atoms with van der Waals surface area (Å²) < 4.78 is 0.